The molecule has 0 saturated carbocycles. The number of hydrogen-bond acceptors (Lipinski definition) is 5. The SMILES string of the molecule is CCOC(=O)c1cc2c(ccn2-c2ccc(F)cc2)n1CC(=O)Nc1cc(OCC)ccc1OCC. The number of rotatable bonds is 10. The predicted octanol–water partition coefficient (Wildman–Crippen LogP) is 5.18. The van der Waals surface area contributed by atoms with Gasteiger partial charge >= 0.3 is 5.97 Å². The van der Waals surface area contributed by atoms with Crippen LogP contribution in [0.5, 0.6) is 11.5 Å². The van der Waals surface area contributed by atoms with Crippen LogP contribution in [0.2, 0.25) is 0 Å². The molecule has 0 spiro atoms. The first-order valence-corrected chi connectivity index (χ1v) is 11.8. The average molecular weight is 494 g/mol. The van der Waals surface area contributed by atoms with E-state index < -0.39 is 5.97 Å². The molecule has 0 fully saturated rings. The summed E-state index contributed by atoms with van der Waals surface area (Å²) in [6, 6.07) is 14.7. The van der Waals surface area contributed by atoms with Gasteiger partial charge in [0, 0.05) is 18.0 Å². The van der Waals surface area contributed by atoms with Crippen molar-refractivity contribution in [2.75, 3.05) is 25.1 Å². The van der Waals surface area contributed by atoms with E-state index in [0.717, 1.165) is 5.69 Å². The summed E-state index contributed by atoms with van der Waals surface area (Å²) in [7, 11) is 0. The van der Waals surface area contributed by atoms with Crippen LogP contribution in [0, 0.1) is 5.82 Å². The molecule has 0 saturated heterocycles. The first-order valence-electron chi connectivity index (χ1n) is 11.8. The molecule has 0 aliphatic heterocycles. The number of ether oxygens (including phenoxy) is 3. The molecule has 2 heterocycles. The molecule has 2 aromatic carbocycles. The van der Waals surface area contributed by atoms with Gasteiger partial charge in [0.15, 0.2) is 0 Å². The van der Waals surface area contributed by atoms with Crippen LogP contribution in [0.15, 0.2) is 60.8 Å². The number of hydrogen-bond donors (Lipinski definition) is 1. The molecule has 4 aromatic rings. The van der Waals surface area contributed by atoms with Crippen LogP contribution >= 0.6 is 0 Å². The molecule has 2 aromatic heterocycles. The fraction of sp³-hybridized carbons (Fsp3) is 0.259. The highest BCUT2D eigenvalue weighted by Crippen LogP contribution is 2.30. The zero-order chi connectivity index (χ0) is 25.7. The highest BCUT2D eigenvalue weighted by atomic mass is 19.1. The molecular weight excluding hydrogens is 465 g/mol. The predicted molar refractivity (Wildman–Crippen MR) is 135 cm³/mol. The van der Waals surface area contributed by atoms with Crippen LogP contribution in [0.4, 0.5) is 10.1 Å². The largest absolute Gasteiger partial charge is 0.494 e. The van der Waals surface area contributed by atoms with Crippen LogP contribution in [0.3, 0.4) is 0 Å². The number of amides is 1. The number of nitrogens with one attached hydrogen (secondary N) is 1. The summed E-state index contributed by atoms with van der Waals surface area (Å²) in [6.07, 6.45) is 1.81. The molecule has 36 heavy (non-hydrogen) atoms. The number of carbonyl (C=O) groups excluding carboxylic acids is 2. The minimum Gasteiger partial charge on any atom is -0.494 e. The Morgan fingerprint density at radius 3 is 2.33 bits per heavy atom. The van der Waals surface area contributed by atoms with Gasteiger partial charge in [-0.2, -0.15) is 0 Å². The number of fused-ring (bicyclic) bond motifs is 1. The Hall–Kier alpha value is -4.27. The van der Waals surface area contributed by atoms with Crippen molar-refractivity contribution in [3.05, 3.63) is 72.3 Å². The van der Waals surface area contributed by atoms with E-state index >= 15 is 0 Å². The maximum Gasteiger partial charge on any atom is 0.355 e. The maximum absolute atomic E-state index is 13.4. The molecule has 0 aliphatic rings. The summed E-state index contributed by atoms with van der Waals surface area (Å²) in [6.45, 7) is 6.42. The standard InChI is InChI=1S/C27H28FN3O5/c1-4-34-20-11-12-25(35-5-2)21(15-20)29-26(32)17-31-22-13-14-30(19-9-7-18(28)8-10-19)23(22)16-24(31)27(33)36-6-3/h7-16H,4-6,17H2,1-3H3,(H,29,32). The molecule has 0 atom stereocenters. The third-order valence-electron chi connectivity index (χ3n) is 5.49. The third-order valence-corrected chi connectivity index (χ3v) is 5.49. The van der Waals surface area contributed by atoms with Gasteiger partial charge in [-0.15, -0.1) is 0 Å². The Morgan fingerprint density at radius 2 is 1.64 bits per heavy atom. The Balaban J connectivity index is 1.69. The average Bonchev–Trinajstić information content (AvgIpc) is 3.42. The molecule has 0 unspecified atom stereocenters. The summed E-state index contributed by atoms with van der Waals surface area (Å²) in [5.41, 5.74) is 2.77. The van der Waals surface area contributed by atoms with E-state index in [1.54, 1.807) is 60.2 Å². The number of benzene rings is 2. The molecular formula is C27H28FN3O5. The molecule has 0 radical (unpaired) electrons. The number of carbonyl (C=O) groups is 2. The molecule has 1 amide bonds. The minimum absolute atomic E-state index is 0.143. The van der Waals surface area contributed by atoms with E-state index in [1.165, 1.54) is 12.1 Å². The van der Waals surface area contributed by atoms with E-state index in [-0.39, 0.29) is 30.6 Å². The topological polar surface area (TPSA) is 83.7 Å². The van der Waals surface area contributed by atoms with E-state index in [4.69, 9.17) is 14.2 Å². The fourth-order valence-electron chi connectivity index (χ4n) is 3.99. The number of aromatic nitrogens is 2. The van der Waals surface area contributed by atoms with E-state index in [9.17, 15) is 14.0 Å². The smallest absolute Gasteiger partial charge is 0.355 e. The number of nitrogens with zero attached hydrogens (tertiary/aromatic N) is 2. The third kappa shape index (κ3) is 5.19. The Bertz CT molecular complexity index is 1370. The van der Waals surface area contributed by atoms with Gasteiger partial charge in [-0.05, 0) is 69.3 Å². The van der Waals surface area contributed by atoms with Crippen molar-refractivity contribution < 1.29 is 28.2 Å². The van der Waals surface area contributed by atoms with Crippen molar-refractivity contribution in [1.82, 2.24) is 9.13 Å². The van der Waals surface area contributed by atoms with Gasteiger partial charge in [0.2, 0.25) is 5.91 Å². The first-order chi connectivity index (χ1) is 17.4. The van der Waals surface area contributed by atoms with E-state index in [2.05, 4.69) is 5.32 Å². The Kier molecular flexibility index (Phi) is 7.58. The molecule has 4 rings (SSSR count). The number of anilines is 1. The van der Waals surface area contributed by atoms with Crippen molar-refractivity contribution in [3.63, 3.8) is 0 Å². The summed E-state index contributed by atoms with van der Waals surface area (Å²) in [4.78, 5) is 25.9. The molecule has 0 bridgehead atoms. The maximum atomic E-state index is 13.4. The van der Waals surface area contributed by atoms with Gasteiger partial charge in [0.1, 0.15) is 29.6 Å². The van der Waals surface area contributed by atoms with Gasteiger partial charge in [0.05, 0.1) is 36.5 Å². The second-order valence-corrected chi connectivity index (χ2v) is 7.84. The van der Waals surface area contributed by atoms with Crippen molar-refractivity contribution in [1.29, 1.82) is 0 Å². The van der Waals surface area contributed by atoms with Crippen LogP contribution in [-0.4, -0.2) is 40.8 Å². The lowest BCUT2D eigenvalue weighted by Gasteiger charge is -2.14. The van der Waals surface area contributed by atoms with Gasteiger partial charge in [-0.3, -0.25) is 4.79 Å². The second-order valence-electron chi connectivity index (χ2n) is 7.84. The van der Waals surface area contributed by atoms with Crippen LogP contribution in [-0.2, 0) is 16.1 Å². The summed E-state index contributed by atoms with van der Waals surface area (Å²) < 4.78 is 33.3. The van der Waals surface area contributed by atoms with Crippen molar-refractivity contribution in [2.24, 2.45) is 0 Å². The monoisotopic (exact) mass is 493 g/mol. The normalized spacial score (nSPS) is 10.9. The van der Waals surface area contributed by atoms with Crippen molar-refractivity contribution in [3.8, 4) is 17.2 Å². The Labute approximate surface area is 208 Å². The van der Waals surface area contributed by atoms with Crippen LogP contribution in [0.1, 0.15) is 31.3 Å². The van der Waals surface area contributed by atoms with Crippen LogP contribution < -0.4 is 14.8 Å². The van der Waals surface area contributed by atoms with E-state index in [0.29, 0.717) is 41.4 Å². The number of halogens is 1. The summed E-state index contributed by atoms with van der Waals surface area (Å²) in [5.74, 6) is -0.130. The van der Waals surface area contributed by atoms with Crippen molar-refractivity contribution in [2.45, 2.75) is 27.3 Å². The first kappa shape index (κ1) is 24.8. The van der Waals surface area contributed by atoms with Crippen molar-refractivity contribution >= 4 is 28.6 Å². The Morgan fingerprint density at radius 1 is 0.889 bits per heavy atom. The molecule has 1 N–H and O–H groups in total. The zero-order valence-electron chi connectivity index (χ0n) is 20.4. The molecule has 8 nitrogen and oxygen atoms in total. The lowest BCUT2D eigenvalue weighted by molar-refractivity contribution is -0.116. The van der Waals surface area contributed by atoms with Gasteiger partial charge in [-0.25, -0.2) is 9.18 Å². The highest BCUT2D eigenvalue weighted by Gasteiger charge is 2.22. The van der Waals surface area contributed by atoms with E-state index in [1.807, 2.05) is 18.4 Å². The zero-order valence-corrected chi connectivity index (χ0v) is 20.4. The van der Waals surface area contributed by atoms with Gasteiger partial charge in [0.25, 0.3) is 0 Å². The lowest BCUT2D eigenvalue weighted by atomic mass is 10.2. The highest BCUT2D eigenvalue weighted by molar-refractivity contribution is 5.98. The number of esters is 1. The minimum atomic E-state index is -0.541. The fourth-order valence-corrected chi connectivity index (χ4v) is 3.99. The molecule has 188 valence electrons. The van der Waals surface area contributed by atoms with Crippen LogP contribution in [0.25, 0.3) is 16.7 Å². The molecule has 0 aliphatic carbocycles. The quantitative estimate of drug-likeness (QED) is 0.308. The molecule has 9 heteroatoms. The van der Waals surface area contributed by atoms with Gasteiger partial charge in [-0.1, -0.05) is 0 Å². The lowest BCUT2D eigenvalue weighted by Crippen LogP contribution is -2.22. The second kappa shape index (κ2) is 11.0. The van der Waals surface area contributed by atoms with Gasteiger partial charge < -0.3 is 28.7 Å². The summed E-state index contributed by atoms with van der Waals surface area (Å²) in [5, 5.41) is 2.87. The summed E-state index contributed by atoms with van der Waals surface area (Å²) >= 11 is 0.